The maximum atomic E-state index is 12.2. The van der Waals surface area contributed by atoms with Crippen LogP contribution in [0.2, 0.25) is 0 Å². The molecule has 116 valence electrons. The van der Waals surface area contributed by atoms with Gasteiger partial charge in [0.15, 0.2) is 0 Å². The van der Waals surface area contributed by atoms with E-state index in [9.17, 15) is 4.79 Å². The van der Waals surface area contributed by atoms with Crippen molar-refractivity contribution in [3.63, 3.8) is 0 Å². The number of anilines is 2. The second kappa shape index (κ2) is 6.09. The number of ether oxygens (including phenoxy) is 1. The molecule has 1 aromatic heterocycles. The van der Waals surface area contributed by atoms with Crippen LogP contribution in [0.3, 0.4) is 0 Å². The van der Waals surface area contributed by atoms with Gasteiger partial charge in [-0.2, -0.15) is 0 Å². The summed E-state index contributed by atoms with van der Waals surface area (Å²) in [7, 11) is 1.65. The third kappa shape index (κ3) is 2.90. The van der Waals surface area contributed by atoms with Crippen molar-refractivity contribution in [1.29, 1.82) is 0 Å². The van der Waals surface area contributed by atoms with Crippen LogP contribution >= 0.6 is 0 Å². The van der Waals surface area contributed by atoms with Crippen molar-refractivity contribution in [2.45, 2.75) is 19.8 Å². The van der Waals surface area contributed by atoms with Crippen molar-refractivity contribution in [2.24, 2.45) is 0 Å². The van der Waals surface area contributed by atoms with Gasteiger partial charge in [0, 0.05) is 12.6 Å². The van der Waals surface area contributed by atoms with E-state index in [4.69, 9.17) is 9.26 Å². The summed E-state index contributed by atoms with van der Waals surface area (Å²) >= 11 is 0. The first-order valence-electron chi connectivity index (χ1n) is 7.31. The van der Waals surface area contributed by atoms with Crippen molar-refractivity contribution < 1.29 is 14.1 Å². The van der Waals surface area contributed by atoms with Gasteiger partial charge < -0.3 is 14.2 Å². The fourth-order valence-electron chi connectivity index (χ4n) is 2.80. The second-order valence-electron chi connectivity index (χ2n) is 5.37. The van der Waals surface area contributed by atoms with Crippen LogP contribution in [-0.2, 0) is 11.2 Å². The monoisotopic (exact) mass is 301 g/mol. The fraction of sp³-hybridized carbons (Fsp3) is 0.375. The van der Waals surface area contributed by atoms with Crippen LogP contribution in [0, 0.1) is 6.92 Å². The first-order valence-corrected chi connectivity index (χ1v) is 7.31. The van der Waals surface area contributed by atoms with E-state index in [1.807, 2.05) is 19.1 Å². The maximum absolute atomic E-state index is 12.2. The Morgan fingerprint density at radius 2 is 2.36 bits per heavy atom. The van der Waals surface area contributed by atoms with Crippen molar-refractivity contribution in [3.05, 3.63) is 35.5 Å². The smallest absolute Gasteiger partial charge is 0.246 e. The van der Waals surface area contributed by atoms with E-state index in [1.165, 1.54) is 5.56 Å². The van der Waals surface area contributed by atoms with Gasteiger partial charge in [0.2, 0.25) is 11.8 Å². The molecule has 1 N–H and O–H groups in total. The lowest BCUT2D eigenvalue weighted by Gasteiger charge is -2.31. The van der Waals surface area contributed by atoms with Gasteiger partial charge in [-0.05, 0) is 31.4 Å². The van der Waals surface area contributed by atoms with E-state index in [-0.39, 0.29) is 12.5 Å². The van der Waals surface area contributed by atoms with E-state index in [2.05, 4.69) is 21.4 Å². The Kier molecular flexibility index (Phi) is 4.00. The highest BCUT2D eigenvalue weighted by Gasteiger charge is 2.23. The average Bonchev–Trinajstić information content (AvgIpc) is 2.91. The minimum absolute atomic E-state index is 0.130. The normalized spacial score (nSPS) is 13.6. The summed E-state index contributed by atoms with van der Waals surface area (Å²) in [5.41, 5.74) is 2.97. The lowest BCUT2D eigenvalue weighted by molar-refractivity contribution is -0.115. The first-order chi connectivity index (χ1) is 10.7. The summed E-state index contributed by atoms with van der Waals surface area (Å²) in [4.78, 5) is 14.3. The molecule has 0 spiro atoms. The van der Waals surface area contributed by atoms with E-state index < -0.39 is 0 Å². The molecule has 1 amide bonds. The van der Waals surface area contributed by atoms with Gasteiger partial charge in [-0.15, -0.1) is 0 Å². The summed E-state index contributed by atoms with van der Waals surface area (Å²) in [5, 5.41) is 6.48. The number of aromatic nitrogens is 1. The van der Waals surface area contributed by atoms with Crippen molar-refractivity contribution in [1.82, 2.24) is 5.16 Å². The molecule has 0 unspecified atom stereocenters. The van der Waals surface area contributed by atoms with Gasteiger partial charge in [0.05, 0.1) is 25.0 Å². The SMILES string of the molecule is COc1cccc2c1N(CC(=O)Nc1cc(C)no1)CCC2. The Hall–Kier alpha value is -2.50. The maximum Gasteiger partial charge on any atom is 0.246 e. The Balaban J connectivity index is 1.75. The lowest BCUT2D eigenvalue weighted by Crippen LogP contribution is -2.37. The number of rotatable bonds is 4. The molecule has 0 bridgehead atoms. The molecule has 22 heavy (non-hydrogen) atoms. The predicted molar refractivity (Wildman–Crippen MR) is 83.4 cm³/mol. The van der Waals surface area contributed by atoms with Gasteiger partial charge >= 0.3 is 0 Å². The molecule has 1 aromatic carbocycles. The quantitative estimate of drug-likeness (QED) is 0.939. The molecule has 6 nitrogen and oxygen atoms in total. The van der Waals surface area contributed by atoms with Crippen LogP contribution in [0.1, 0.15) is 17.7 Å². The standard InChI is InChI=1S/C16H19N3O3/c1-11-9-15(22-18-11)17-14(20)10-19-8-4-6-12-5-3-7-13(21-2)16(12)19/h3,5,7,9H,4,6,8,10H2,1-2H3,(H,17,20). The zero-order valence-corrected chi connectivity index (χ0v) is 12.8. The largest absolute Gasteiger partial charge is 0.495 e. The Morgan fingerprint density at radius 1 is 1.50 bits per heavy atom. The molecule has 2 heterocycles. The number of carbonyl (C=O) groups is 1. The molecule has 0 fully saturated rings. The average molecular weight is 301 g/mol. The number of amides is 1. The number of carbonyl (C=O) groups excluding carboxylic acids is 1. The number of hydrogen-bond acceptors (Lipinski definition) is 5. The fourth-order valence-corrected chi connectivity index (χ4v) is 2.80. The lowest BCUT2D eigenvalue weighted by atomic mass is 10.0. The van der Waals surface area contributed by atoms with Gasteiger partial charge in [-0.3, -0.25) is 10.1 Å². The van der Waals surface area contributed by atoms with Crippen LogP contribution in [0.5, 0.6) is 5.75 Å². The molecule has 0 atom stereocenters. The Labute approximate surface area is 129 Å². The number of fused-ring (bicyclic) bond motifs is 1. The van der Waals surface area contributed by atoms with Crippen molar-refractivity contribution in [2.75, 3.05) is 30.4 Å². The highest BCUT2D eigenvalue weighted by Crippen LogP contribution is 2.35. The number of methoxy groups -OCH3 is 1. The van der Waals surface area contributed by atoms with Crippen molar-refractivity contribution in [3.8, 4) is 5.75 Å². The zero-order chi connectivity index (χ0) is 15.5. The first kappa shape index (κ1) is 14.4. The van der Waals surface area contributed by atoms with Crippen LogP contribution in [0.15, 0.2) is 28.8 Å². The van der Waals surface area contributed by atoms with Crippen LogP contribution in [-0.4, -0.2) is 31.3 Å². The predicted octanol–water partition coefficient (Wildman–Crippen LogP) is 2.38. The van der Waals surface area contributed by atoms with E-state index in [0.29, 0.717) is 5.88 Å². The van der Waals surface area contributed by atoms with Crippen LogP contribution in [0.25, 0.3) is 0 Å². The van der Waals surface area contributed by atoms with E-state index in [0.717, 1.165) is 36.5 Å². The molecular formula is C16H19N3O3. The van der Waals surface area contributed by atoms with Gasteiger partial charge in [-0.1, -0.05) is 17.3 Å². The van der Waals surface area contributed by atoms with Gasteiger partial charge in [0.1, 0.15) is 5.75 Å². The molecule has 1 aliphatic rings. The number of benzene rings is 1. The summed E-state index contributed by atoms with van der Waals surface area (Å²) in [6, 6.07) is 7.69. The zero-order valence-electron chi connectivity index (χ0n) is 12.8. The van der Waals surface area contributed by atoms with E-state index >= 15 is 0 Å². The molecule has 3 rings (SSSR count). The van der Waals surface area contributed by atoms with Crippen molar-refractivity contribution >= 4 is 17.5 Å². The number of nitrogens with zero attached hydrogens (tertiary/aromatic N) is 2. The Bertz CT molecular complexity index is 667. The topological polar surface area (TPSA) is 67.6 Å². The summed E-state index contributed by atoms with van der Waals surface area (Å²) in [5.74, 6) is 1.05. The molecule has 0 radical (unpaired) electrons. The molecule has 0 aliphatic carbocycles. The molecule has 6 heteroatoms. The van der Waals surface area contributed by atoms with E-state index in [1.54, 1.807) is 13.2 Å². The molecule has 0 saturated carbocycles. The van der Waals surface area contributed by atoms with Gasteiger partial charge in [-0.25, -0.2) is 0 Å². The summed E-state index contributed by atoms with van der Waals surface area (Å²) < 4.78 is 10.5. The number of nitrogens with one attached hydrogen (secondary N) is 1. The third-order valence-electron chi connectivity index (χ3n) is 3.72. The van der Waals surface area contributed by atoms with Crippen LogP contribution < -0.4 is 15.0 Å². The highest BCUT2D eigenvalue weighted by atomic mass is 16.5. The number of aryl methyl sites for hydroxylation is 2. The molecule has 1 aliphatic heterocycles. The molecule has 2 aromatic rings. The van der Waals surface area contributed by atoms with Crippen LogP contribution in [0.4, 0.5) is 11.6 Å². The Morgan fingerprint density at radius 3 is 3.09 bits per heavy atom. The highest BCUT2D eigenvalue weighted by molar-refractivity contribution is 5.93. The summed E-state index contributed by atoms with van der Waals surface area (Å²) in [6.45, 7) is 2.90. The summed E-state index contributed by atoms with van der Waals surface area (Å²) in [6.07, 6.45) is 2.03. The second-order valence-corrected chi connectivity index (χ2v) is 5.37. The number of hydrogen-bond donors (Lipinski definition) is 1. The number of para-hydroxylation sites is 1. The molecular weight excluding hydrogens is 282 g/mol. The molecule has 0 saturated heterocycles. The minimum atomic E-state index is -0.130. The van der Waals surface area contributed by atoms with Gasteiger partial charge in [0.25, 0.3) is 0 Å². The minimum Gasteiger partial charge on any atom is -0.495 e. The third-order valence-corrected chi connectivity index (χ3v) is 3.72.